The predicted molar refractivity (Wildman–Crippen MR) is 102 cm³/mol. The molecule has 0 bridgehead atoms. The summed E-state index contributed by atoms with van der Waals surface area (Å²) in [5.41, 5.74) is 1.92. The van der Waals surface area contributed by atoms with Gasteiger partial charge in [-0.05, 0) is 38.4 Å². The largest absolute Gasteiger partial charge is 0.384 e. The second kappa shape index (κ2) is 7.72. The molecule has 0 radical (unpaired) electrons. The molecular weight excluding hydrogens is 353 g/mol. The number of fused-ring (bicyclic) bond motifs is 1. The van der Waals surface area contributed by atoms with Crippen molar-refractivity contribution in [1.29, 1.82) is 0 Å². The molecule has 3 aromatic rings. The molecule has 0 saturated heterocycles. The Kier molecular flexibility index (Phi) is 5.39. The van der Waals surface area contributed by atoms with Crippen LogP contribution in [0.2, 0.25) is 0 Å². The Bertz CT molecular complexity index is 969. The summed E-state index contributed by atoms with van der Waals surface area (Å²) in [5, 5.41) is 3.70. The first kappa shape index (κ1) is 18.2. The number of Topliss-reactive ketones (excluding diaryl/α,β-unsaturated/α-hetero) is 1. The monoisotopic (exact) mass is 371 g/mol. The number of carbonyl (C=O) groups is 2. The summed E-state index contributed by atoms with van der Waals surface area (Å²) in [7, 11) is 3.93. The molecule has 0 aliphatic heterocycles. The number of aromatic nitrogens is 1. The first-order valence-corrected chi connectivity index (χ1v) is 8.89. The van der Waals surface area contributed by atoms with Crippen LogP contribution >= 0.6 is 11.3 Å². The number of thiazole rings is 1. The Hall–Kier alpha value is -2.64. The topological polar surface area (TPSA) is 62.3 Å². The number of anilines is 1. The molecule has 2 aromatic carbocycles. The molecule has 0 atom stereocenters. The van der Waals surface area contributed by atoms with Crippen molar-refractivity contribution >= 4 is 39.3 Å². The van der Waals surface area contributed by atoms with E-state index in [1.54, 1.807) is 24.3 Å². The fourth-order valence-electron chi connectivity index (χ4n) is 2.56. The van der Waals surface area contributed by atoms with Gasteiger partial charge in [-0.1, -0.05) is 12.1 Å². The zero-order valence-electron chi connectivity index (χ0n) is 14.5. The smallest absolute Gasteiger partial charge is 0.226 e. The maximum absolute atomic E-state index is 14.1. The summed E-state index contributed by atoms with van der Waals surface area (Å²) < 4.78 is 14.7. The minimum Gasteiger partial charge on any atom is -0.384 e. The van der Waals surface area contributed by atoms with E-state index < -0.39 is 5.78 Å². The second-order valence-corrected chi connectivity index (χ2v) is 7.08. The fraction of sp³-hybridized carbons (Fsp3) is 0.211. The third kappa shape index (κ3) is 3.79. The summed E-state index contributed by atoms with van der Waals surface area (Å²) in [4.78, 5) is 29.6. The zero-order chi connectivity index (χ0) is 18.7. The van der Waals surface area contributed by atoms with E-state index in [0.29, 0.717) is 39.3 Å². The van der Waals surface area contributed by atoms with Crippen molar-refractivity contribution in [3.63, 3.8) is 0 Å². The third-order valence-electron chi connectivity index (χ3n) is 3.85. The van der Waals surface area contributed by atoms with E-state index in [-0.39, 0.29) is 11.4 Å². The summed E-state index contributed by atoms with van der Waals surface area (Å²) in [5.74, 6) is -0.992. The van der Waals surface area contributed by atoms with Crippen LogP contribution < -0.4 is 5.32 Å². The van der Waals surface area contributed by atoms with Crippen LogP contribution in [0, 0.1) is 5.82 Å². The summed E-state index contributed by atoms with van der Waals surface area (Å²) >= 11 is 1.21. The fourth-order valence-corrected chi connectivity index (χ4v) is 3.65. The van der Waals surface area contributed by atoms with E-state index in [1.165, 1.54) is 17.4 Å². The highest BCUT2D eigenvalue weighted by Crippen LogP contribution is 2.35. The van der Waals surface area contributed by atoms with Crippen LogP contribution in [0.4, 0.5) is 10.1 Å². The minimum absolute atomic E-state index is 0.282. The van der Waals surface area contributed by atoms with Gasteiger partial charge in [-0.25, -0.2) is 9.37 Å². The van der Waals surface area contributed by atoms with Crippen LogP contribution in [0.25, 0.3) is 20.8 Å². The van der Waals surface area contributed by atoms with Crippen molar-refractivity contribution in [2.75, 3.05) is 32.5 Å². The van der Waals surface area contributed by atoms with Gasteiger partial charge in [-0.2, -0.15) is 0 Å². The molecule has 1 N–H and O–H groups in total. The quantitative estimate of drug-likeness (QED) is 0.392. The molecule has 26 heavy (non-hydrogen) atoms. The number of benzene rings is 2. The Balaban J connectivity index is 2.07. The molecule has 0 saturated carbocycles. The van der Waals surface area contributed by atoms with Gasteiger partial charge >= 0.3 is 0 Å². The van der Waals surface area contributed by atoms with Gasteiger partial charge in [0.25, 0.3) is 0 Å². The van der Waals surface area contributed by atoms with Crippen LogP contribution in [0.1, 0.15) is 10.4 Å². The molecule has 134 valence electrons. The average molecular weight is 371 g/mol. The third-order valence-corrected chi connectivity index (χ3v) is 4.99. The molecule has 7 heteroatoms. The number of hydrogen-bond acceptors (Lipinski definition) is 6. The molecule has 0 amide bonds. The Morgan fingerprint density at radius 3 is 2.77 bits per heavy atom. The number of nitrogens with zero attached hydrogens (tertiary/aromatic N) is 2. The van der Waals surface area contributed by atoms with Crippen LogP contribution in [-0.2, 0) is 4.79 Å². The van der Waals surface area contributed by atoms with E-state index in [9.17, 15) is 14.0 Å². The van der Waals surface area contributed by atoms with E-state index in [2.05, 4.69) is 10.3 Å². The van der Waals surface area contributed by atoms with Crippen molar-refractivity contribution in [3.8, 4) is 10.6 Å². The van der Waals surface area contributed by atoms with Gasteiger partial charge in [0.05, 0.1) is 10.2 Å². The van der Waals surface area contributed by atoms with Crippen molar-refractivity contribution < 1.29 is 14.0 Å². The van der Waals surface area contributed by atoms with Crippen molar-refractivity contribution in [2.45, 2.75) is 0 Å². The van der Waals surface area contributed by atoms with Gasteiger partial charge in [0.2, 0.25) is 5.78 Å². The maximum Gasteiger partial charge on any atom is 0.226 e. The first-order chi connectivity index (χ1) is 12.5. The molecule has 5 nitrogen and oxygen atoms in total. The number of carbonyl (C=O) groups excluding carboxylic acids is 2. The van der Waals surface area contributed by atoms with Gasteiger partial charge in [-0.15, -0.1) is 11.3 Å². The lowest BCUT2D eigenvalue weighted by Gasteiger charge is -2.12. The molecule has 1 aromatic heterocycles. The highest BCUT2D eigenvalue weighted by Gasteiger charge is 2.17. The van der Waals surface area contributed by atoms with Gasteiger partial charge in [0.15, 0.2) is 6.29 Å². The lowest BCUT2D eigenvalue weighted by molar-refractivity contribution is -0.104. The van der Waals surface area contributed by atoms with Gasteiger partial charge in [-0.3, -0.25) is 9.59 Å². The molecule has 3 rings (SSSR count). The molecule has 1 heterocycles. The number of ketones is 1. The number of likely N-dealkylation sites (N-methyl/N-ethyl adjacent to an activating group) is 1. The number of aldehydes is 1. The van der Waals surface area contributed by atoms with E-state index in [1.807, 2.05) is 25.1 Å². The predicted octanol–water partition coefficient (Wildman–Crippen LogP) is 3.46. The Morgan fingerprint density at radius 2 is 2.08 bits per heavy atom. The van der Waals surface area contributed by atoms with Crippen molar-refractivity contribution in [2.24, 2.45) is 0 Å². The van der Waals surface area contributed by atoms with Gasteiger partial charge in [0.1, 0.15) is 10.8 Å². The Labute approximate surface area is 154 Å². The van der Waals surface area contributed by atoms with Crippen LogP contribution in [0.15, 0.2) is 36.4 Å². The average Bonchev–Trinajstić information content (AvgIpc) is 3.04. The lowest BCUT2D eigenvalue weighted by Crippen LogP contribution is -2.20. The standard InChI is InChI=1S/C19H18FN3O2S/c1-23(2)8-7-21-12-9-14(17(25)11-24)18-16(10-12)22-19(26-18)13-5-3-4-6-15(13)20/h3-6,9-11,21H,7-8H2,1-2H3. The zero-order valence-corrected chi connectivity index (χ0v) is 15.3. The first-order valence-electron chi connectivity index (χ1n) is 8.07. The number of rotatable bonds is 7. The molecule has 0 unspecified atom stereocenters. The summed E-state index contributed by atoms with van der Waals surface area (Å²) in [6.07, 6.45) is 0.293. The summed E-state index contributed by atoms with van der Waals surface area (Å²) in [6.45, 7) is 1.49. The Morgan fingerprint density at radius 1 is 1.31 bits per heavy atom. The number of nitrogens with one attached hydrogen (secondary N) is 1. The molecular formula is C19H18FN3O2S. The van der Waals surface area contributed by atoms with Crippen LogP contribution in [-0.4, -0.2) is 49.1 Å². The van der Waals surface area contributed by atoms with Crippen LogP contribution in [0.5, 0.6) is 0 Å². The SMILES string of the molecule is CN(C)CCNc1cc(C(=O)C=O)c2sc(-c3ccccc3F)nc2c1. The van der Waals surface area contributed by atoms with Crippen molar-refractivity contribution in [1.82, 2.24) is 9.88 Å². The maximum atomic E-state index is 14.1. The molecule has 0 fully saturated rings. The summed E-state index contributed by atoms with van der Waals surface area (Å²) in [6, 6.07) is 9.82. The van der Waals surface area contributed by atoms with E-state index in [0.717, 1.165) is 6.54 Å². The van der Waals surface area contributed by atoms with E-state index in [4.69, 9.17) is 0 Å². The normalized spacial score (nSPS) is 11.1. The van der Waals surface area contributed by atoms with E-state index >= 15 is 0 Å². The molecule has 0 aliphatic rings. The highest BCUT2D eigenvalue weighted by atomic mass is 32.1. The lowest BCUT2D eigenvalue weighted by atomic mass is 10.1. The second-order valence-electron chi connectivity index (χ2n) is 6.08. The number of halogens is 1. The van der Waals surface area contributed by atoms with Gasteiger partial charge in [0, 0.05) is 29.9 Å². The van der Waals surface area contributed by atoms with Gasteiger partial charge < -0.3 is 10.2 Å². The van der Waals surface area contributed by atoms with Crippen molar-refractivity contribution in [3.05, 3.63) is 47.8 Å². The molecule has 0 aliphatic carbocycles. The molecule has 0 spiro atoms. The highest BCUT2D eigenvalue weighted by molar-refractivity contribution is 7.22. The minimum atomic E-state index is -0.616. The van der Waals surface area contributed by atoms with Crippen LogP contribution in [0.3, 0.4) is 0 Å². The number of hydrogen-bond donors (Lipinski definition) is 1.